The molecule has 21 heavy (non-hydrogen) atoms. The molecule has 4 heteroatoms. The number of carbonyl (C=O) groups excluding carboxylic acids is 1. The van der Waals surface area contributed by atoms with Gasteiger partial charge in [0.15, 0.2) is 0 Å². The number of ether oxygens (including phenoxy) is 1. The molecule has 4 nitrogen and oxygen atoms in total. The molecule has 0 heterocycles. The lowest BCUT2D eigenvalue weighted by Crippen LogP contribution is -2.45. The Morgan fingerprint density at radius 3 is 2.38 bits per heavy atom. The highest BCUT2D eigenvalue weighted by atomic mass is 16.6. The minimum atomic E-state index is -0.527. The topological polar surface area (TPSA) is 58.6 Å². The summed E-state index contributed by atoms with van der Waals surface area (Å²) in [6.07, 6.45) is 0.270. The lowest BCUT2D eigenvalue weighted by Gasteiger charge is -2.33. The van der Waals surface area contributed by atoms with E-state index in [4.69, 9.17) is 4.74 Å². The van der Waals surface area contributed by atoms with E-state index < -0.39 is 17.1 Å². The number of alkyl carbamates (subject to hydrolysis) is 1. The molecule has 1 rings (SSSR count). The molecule has 0 spiro atoms. The van der Waals surface area contributed by atoms with Gasteiger partial charge in [-0.05, 0) is 45.2 Å². The first kappa shape index (κ1) is 17.5. The minimum absolute atomic E-state index is 0.0237. The molecular weight excluding hydrogens is 266 g/mol. The summed E-state index contributed by atoms with van der Waals surface area (Å²) in [5.74, 6) is 0. The minimum Gasteiger partial charge on any atom is -0.444 e. The number of hydrogen-bond donors (Lipinski definition) is 2. The fraction of sp³-hybridized carbons (Fsp3) is 0.588. The van der Waals surface area contributed by atoms with Crippen LogP contribution in [-0.4, -0.2) is 30.0 Å². The highest BCUT2D eigenvalue weighted by Gasteiger charge is 2.32. The molecule has 118 valence electrons. The summed E-state index contributed by atoms with van der Waals surface area (Å²) in [6, 6.07) is 7.95. The summed E-state index contributed by atoms with van der Waals surface area (Å²) in [6.45, 7) is 9.83. The Balaban J connectivity index is 2.88. The fourth-order valence-electron chi connectivity index (χ4n) is 2.39. The quantitative estimate of drug-likeness (QED) is 0.876. The molecule has 0 fully saturated rings. The molecular formula is C17H27NO3. The predicted molar refractivity (Wildman–Crippen MR) is 84.5 cm³/mol. The van der Waals surface area contributed by atoms with Gasteiger partial charge in [0.05, 0.1) is 6.61 Å². The first-order valence-electron chi connectivity index (χ1n) is 7.38. The van der Waals surface area contributed by atoms with E-state index in [1.54, 1.807) is 0 Å². The Bertz CT molecular complexity index is 473. The molecule has 0 radical (unpaired) electrons. The van der Waals surface area contributed by atoms with Crippen molar-refractivity contribution in [3.63, 3.8) is 0 Å². The third-order valence-electron chi connectivity index (χ3n) is 3.67. The molecule has 1 atom stereocenters. The highest BCUT2D eigenvalue weighted by Crippen LogP contribution is 2.29. The number of amides is 1. The fourth-order valence-corrected chi connectivity index (χ4v) is 2.39. The zero-order chi connectivity index (χ0) is 16.1. The molecule has 0 bridgehead atoms. The second-order valence-corrected chi connectivity index (χ2v) is 6.46. The molecule has 0 aromatic heterocycles. The molecule has 0 saturated heterocycles. The van der Waals surface area contributed by atoms with Crippen LogP contribution in [0.2, 0.25) is 0 Å². The molecule has 0 aliphatic carbocycles. The van der Waals surface area contributed by atoms with Gasteiger partial charge in [-0.25, -0.2) is 4.79 Å². The van der Waals surface area contributed by atoms with Crippen molar-refractivity contribution >= 4 is 6.09 Å². The third kappa shape index (κ3) is 4.74. The number of aryl methyl sites for hydroxylation is 1. The first-order chi connectivity index (χ1) is 9.74. The predicted octanol–water partition coefficient (Wildman–Crippen LogP) is 3.16. The van der Waals surface area contributed by atoms with E-state index in [1.807, 2.05) is 58.9 Å². The van der Waals surface area contributed by atoms with E-state index in [1.165, 1.54) is 0 Å². The van der Waals surface area contributed by atoms with Crippen molar-refractivity contribution in [2.75, 3.05) is 13.2 Å². The Morgan fingerprint density at radius 1 is 1.29 bits per heavy atom. The van der Waals surface area contributed by atoms with Crippen LogP contribution >= 0.6 is 0 Å². The monoisotopic (exact) mass is 293 g/mol. The van der Waals surface area contributed by atoms with Crippen LogP contribution in [0.1, 0.15) is 45.2 Å². The van der Waals surface area contributed by atoms with Gasteiger partial charge in [0.25, 0.3) is 0 Å². The molecule has 1 aromatic carbocycles. The molecule has 0 aliphatic rings. The van der Waals surface area contributed by atoms with Crippen molar-refractivity contribution in [2.24, 2.45) is 0 Å². The van der Waals surface area contributed by atoms with Gasteiger partial charge in [0, 0.05) is 12.0 Å². The van der Waals surface area contributed by atoms with Crippen LogP contribution in [0.4, 0.5) is 4.79 Å². The van der Waals surface area contributed by atoms with E-state index in [0.717, 1.165) is 17.5 Å². The average Bonchev–Trinajstić information content (AvgIpc) is 2.40. The maximum atomic E-state index is 11.8. The molecule has 1 amide bonds. The number of rotatable bonds is 5. The lowest BCUT2D eigenvalue weighted by molar-refractivity contribution is 0.0501. The summed E-state index contributed by atoms with van der Waals surface area (Å²) in [7, 11) is 0. The zero-order valence-corrected chi connectivity index (χ0v) is 13.7. The summed E-state index contributed by atoms with van der Waals surface area (Å²) in [5, 5.41) is 12.7. The van der Waals surface area contributed by atoms with Crippen LogP contribution in [0.15, 0.2) is 24.3 Å². The second kappa shape index (κ2) is 6.94. The van der Waals surface area contributed by atoms with Crippen LogP contribution < -0.4 is 5.32 Å². The Morgan fingerprint density at radius 2 is 1.90 bits per heavy atom. The number of hydrogen-bond acceptors (Lipinski definition) is 3. The summed E-state index contributed by atoms with van der Waals surface area (Å²) in [4.78, 5) is 11.8. The van der Waals surface area contributed by atoms with Gasteiger partial charge < -0.3 is 15.2 Å². The molecule has 2 N–H and O–H groups in total. The van der Waals surface area contributed by atoms with Crippen LogP contribution in [-0.2, 0) is 10.2 Å². The van der Waals surface area contributed by atoms with Gasteiger partial charge in [0.1, 0.15) is 5.60 Å². The average molecular weight is 293 g/mol. The van der Waals surface area contributed by atoms with E-state index >= 15 is 0 Å². The number of aliphatic hydroxyl groups excluding tert-OH is 1. The van der Waals surface area contributed by atoms with E-state index in [-0.39, 0.29) is 6.61 Å². The third-order valence-corrected chi connectivity index (χ3v) is 3.67. The number of carbonyl (C=O) groups is 1. The van der Waals surface area contributed by atoms with Gasteiger partial charge in [0.2, 0.25) is 0 Å². The van der Waals surface area contributed by atoms with Gasteiger partial charge in [-0.3, -0.25) is 0 Å². The molecule has 1 unspecified atom stereocenters. The SMILES string of the molecule is CCC(CO)(CNC(=O)OC(C)(C)C)c1ccccc1C. The normalized spacial score (nSPS) is 14.4. The number of nitrogens with one attached hydrogen (secondary N) is 1. The van der Waals surface area contributed by atoms with E-state index in [9.17, 15) is 9.90 Å². The van der Waals surface area contributed by atoms with Gasteiger partial charge in [-0.15, -0.1) is 0 Å². The summed E-state index contributed by atoms with van der Waals surface area (Å²) < 4.78 is 5.26. The highest BCUT2D eigenvalue weighted by molar-refractivity contribution is 5.67. The standard InChI is InChI=1S/C17H27NO3/c1-6-17(12-19,14-10-8-7-9-13(14)2)11-18-15(20)21-16(3,4)5/h7-10,19H,6,11-12H2,1-5H3,(H,18,20). The molecule has 0 aliphatic heterocycles. The molecule has 0 saturated carbocycles. The molecule has 1 aromatic rings. The van der Waals surface area contributed by atoms with E-state index in [0.29, 0.717) is 6.54 Å². The van der Waals surface area contributed by atoms with Crippen LogP contribution in [0.3, 0.4) is 0 Å². The van der Waals surface area contributed by atoms with Crippen molar-refractivity contribution in [2.45, 2.75) is 52.1 Å². The smallest absolute Gasteiger partial charge is 0.407 e. The largest absolute Gasteiger partial charge is 0.444 e. The Kier molecular flexibility index (Phi) is 5.78. The summed E-state index contributed by atoms with van der Waals surface area (Å²) in [5.41, 5.74) is 1.16. The maximum Gasteiger partial charge on any atom is 0.407 e. The van der Waals surface area contributed by atoms with Gasteiger partial charge in [-0.2, -0.15) is 0 Å². The zero-order valence-electron chi connectivity index (χ0n) is 13.7. The van der Waals surface area contributed by atoms with E-state index in [2.05, 4.69) is 5.32 Å². The van der Waals surface area contributed by atoms with Crippen LogP contribution in [0.5, 0.6) is 0 Å². The number of benzene rings is 1. The van der Waals surface area contributed by atoms with Crippen LogP contribution in [0, 0.1) is 6.92 Å². The van der Waals surface area contributed by atoms with Crippen molar-refractivity contribution in [1.29, 1.82) is 0 Å². The van der Waals surface area contributed by atoms with Gasteiger partial charge >= 0.3 is 6.09 Å². The number of aliphatic hydroxyl groups is 1. The van der Waals surface area contributed by atoms with Crippen molar-refractivity contribution < 1.29 is 14.6 Å². The van der Waals surface area contributed by atoms with Gasteiger partial charge in [-0.1, -0.05) is 31.2 Å². The van der Waals surface area contributed by atoms with Crippen molar-refractivity contribution in [3.05, 3.63) is 35.4 Å². The lowest BCUT2D eigenvalue weighted by atomic mass is 9.76. The second-order valence-electron chi connectivity index (χ2n) is 6.46. The van der Waals surface area contributed by atoms with Crippen LogP contribution in [0.25, 0.3) is 0 Å². The Hall–Kier alpha value is -1.55. The first-order valence-corrected chi connectivity index (χ1v) is 7.38. The summed E-state index contributed by atoms with van der Waals surface area (Å²) >= 11 is 0. The van der Waals surface area contributed by atoms with Crippen molar-refractivity contribution in [1.82, 2.24) is 5.32 Å². The Labute approximate surface area is 127 Å². The maximum absolute atomic E-state index is 11.8. The van der Waals surface area contributed by atoms with Crippen molar-refractivity contribution in [3.8, 4) is 0 Å².